The number of hydrogen-bond acceptors (Lipinski definition) is 8. The number of hydrogen-bond donors (Lipinski definition) is 1. The average molecular weight is 427 g/mol. The zero-order valence-corrected chi connectivity index (χ0v) is 17.3. The van der Waals surface area contributed by atoms with Gasteiger partial charge in [0, 0.05) is 24.7 Å². The molecule has 0 spiro atoms. The van der Waals surface area contributed by atoms with Crippen LogP contribution in [0, 0.1) is 0 Å². The number of rotatable bonds is 7. The first kappa shape index (κ1) is 20.6. The van der Waals surface area contributed by atoms with Gasteiger partial charge in [-0.3, -0.25) is 4.79 Å². The zero-order chi connectivity index (χ0) is 20.1. The molecule has 3 rings (SSSR count). The van der Waals surface area contributed by atoms with Gasteiger partial charge in [0.1, 0.15) is 5.75 Å². The molecule has 1 atom stereocenters. The number of piperidine rings is 1. The van der Waals surface area contributed by atoms with Crippen LogP contribution in [0.5, 0.6) is 5.75 Å². The Labute approximate surface area is 167 Å². The maximum Gasteiger partial charge on any atom is 0.277 e. The van der Waals surface area contributed by atoms with Gasteiger partial charge in [0.2, 0.25) is 21.8 Å². The number of aromatic nitrogens is 2. The summed E-state index contributed by atoms with van der Waals surface area (Å²) >= 11 is 1.14. The highest BCUT2D eigenvalue weighted by Crippen LogP contribution is 2.24. The van der Waals surface area contributed by atoms with Crippen LogP contribution in [0.4, 0.5) is 0 Å². The van der Waals surface area contributed by atoms with E-state index in [0.29, 0.717) is 24.2 Å². The third kappa shape index (κ3) is 5.46. The summed E-state index contributed by atoms with van der Waals surface area (Å²) in [5, 5.41) is 11.1. The molecule has 1 saturated heterocycles. The van der Waals surface area contributed by atoms with Crippen molar-refractivity contribution < 1.29 is 22.4 Å². The summed E-state index contributed by atoms with van der Waals surface area (Å²) in [6, 6.07) is 7.02. The zero-order valence-electron chi connectivity index (χ0n) is 15.6. The van der Waals surface area contributed by atoms with Crippen LogP contribution in [-0.2, 0) is 14.8 Å². The maximum atomic E-state index is 12.2. The third-order valence-corrected chi connectivity index (χ3v) is 6.38. The van der Waals surface area contributed by atoms with Crippen molar-refractivity contribution in [3.8, 4) is 17.2 Å². The van der Waals surface area contributed by atoms with Crippen molar-refractivity contribution in [1.29, 1.82) is 0 Å². The van der Waals surface area contributed by atoms with E-state index in [4.69, 9.17) is 9.15 Å². The summed E-state index contributed by atoms with van der Waals surface area (Å²) in [7, 11) is -1.65. The predicted octanol–water partition coefficient (Wildman–Crippen LogP) is 1.38. The number of carbonyl (C=O) groups is 1. The second-order valence-corrected chi connectivity index (χ2v) is 9.33. The van der Waals surface area contributed by atoms with E-state index in [0.717, 1.165) is 35.9 Å². The lowest BCUT2D eigenvalue weighted by molar-refractivity contribution is -0.119. The van der Waals surface area contributed by atoms with Crippen molar-refractivity contribution in [1.82, 2.24) is 19.8 Å². The Bertz CT molecular complexity index is 914. The Morgan fingerprint density at radius 1 is 1.36 bits per heavy atom. The van der Waals surface area contributed by atoms with Gasteiger partial charge in [-0.1, -0.05) is 11.8 Å². The van der Waals surface area contributed by atoms with Crippen molar-refractivity contribution in [3.63, 3.8) is 0 Å². The first-order chi connectivity index (χ1) is 13.3. The van der Waals surface area contributed by atoms with E-state index in [1.54, 1.807) is 19.2 Å². The topological polar surface area (TPSA) is 115 Å². The second kappa shape index (κ2) is 8.93. The third-order valence-electron chi connectivity index (χ3n) is 4.29. The summed E-state index contributed by atoms with van der Waals surface area (Å²) in [5.74, 6) is 1.00. The van der Waals surface area contributed by atoms with E-state index in [-0.39, 0.29) is 17.7 Å². The molecule has 1 fully saturated rings. The molecule has 0 aliphatic carbocycles. The molecule has 1 aliphatic heterocycles. The van der Waals surface area contributed by atoms with Gasteiger partial charge in [0.25, 0.3) is 5.22 Å². The minimum Gasteiger partial charge on any atom is -0.497 e. The van der Waals surface area contributed by atoms with Gasteiger partial charge >= 0.3 is 0 Å². The molecular formula is C17H22N4O5S2. The van der Waals surface area contributed by atoms with Crippen LogP contribution < -0.4 is 10.1 Å². The summed E-state index contributed by atoms with van der Waals surface area (Å²) in [5.41, 5.74) is 0.757. The standard InChI is InChI=1S/C17H22N4O5S2/c1-25-14-7-5-12(6-8-14)16-19-20-17(26-16)27-11-15(22)18-13-4-3-9-21(10-13)28(2,23)24/h5-8,13H,3-4,9-11H2,1-2H3,(H,18,22). The van der Waals surface area contributed by atoms with Crippen LogP contribution in [0.3, 0.4) is 0 Å². The van der Waals surface area contributed by atoms with Crippen LogP contribution in [0.2, 0.25) is 0 Å². The van der Waals surface area contributed by atoms with Gasteiger partial charge in [-0.15, -0.1) is 10.2 Å². The van der Waals surface area contributed by atoms with Crippen LogP contribution in [0.15, 0.2) is 33.9 Å². The number of nitrogens with zero attached hydrogens (tertiary/aromatic N) is 3. The molecule has 152 valence electrons. The van der Waals surface area contributed by atoms with E-state index in [1.165, 1.54) is 10.6 Å². The molecule has 1 N–H and O–H groups in total. The molecule has 1 aromatic carbocycles. The fourth-order valence-electron chi connectivity index (χ4n) is 2.88. The first-order valence-electron chi connectivity index (χ1n) is 8.70. The smallest absolute Gasteiger partial charge is 0.277 e. The summed E-state index contributed by atoms with van der Waals surface area (Å²) in [6.45, 7) is 0.799. The molecule has 9 nitrogen and oxygen atoms in total. The number of sulfonamides is 1. The molecule has 0 radical (unpaired) electrons. The van der Waals surface area contributed by atoms with Gasteiger partial charge in [-0.25, -0.2) is 12.7 Å². The number of thioether (sulfide) groups is 1. The summed E-state index contributed by atoms with van der Waals surface area (Å²) < 4.78 is 35.4. The van der Waals surface area contributed by atoms with Crippen molar-refractivity contribution >= 4 is 27.7 Å². The van der Waals surface area contributed by atoms with Crippen LogP contribution in [-0.4, -0.2) is 67.1 Å². The van der Waals surface area contributed by atoms with Gasteiger partial charge in [-0.05, 0) is 37.1 Å². The fraction of sp³-hybridized carbons (Fsp3) is 0.471. The van der Waals surface area contributed by atoms with E-state index in [2.05, 4.69) is 15.5 Å². The molecular weight excluding hydrogens is 404 g/mol. The Morgan fingerprint density at radius 2 is 2.11 bits per heavy atom. The van der Waals surface area contributed by atoms with Crippen LogP contribution in [0.25, 0.3) is 11.5 Å². The monoisotopic (exact) mass is 426 g/mol. The van der Waals surface area contributed by atoms with Gasteiger partial charge < -0.3 is 14.5 Å². The Balaban J connectivity index is 1.50. The lowest BCUT2D eigenvalue weighted by atomic mass is 10.1. The van der Waals surface area contributed by atoms with E-state index < -0.39 is 10.0 Å². The Morgan fingerprint density at radius 3 is 2.79 bits per heavy atom. The summed E-state index contributed by atoms with van der Waals surface area (Å²) in [4.78, 5) is 12.2. The number of amides is 1. The van der Waals surface area contributed by atoms with Crippen molar-refractivity contribution in [2.24, 2.45) is 0 Å². The Kier molecular flexibility index (Phi) is 6.57. The average Bonchev–Trinajstić information content (AvgIpc) is 3.15. The number of nitrogens with one attached hydrogen (secondary N) is 1. The highest BCUT2D eigenvalue weighted by molar-refractivity contribution is 7.99. The molecule has 1 amide bonds. The quantitative estimate of drug-likeness (QED) is 0.661. The highest BCUT2D eigenvalue weighted by atomic mass is 32.2. The molecule has 1 aliphatic rings. The normalized spacial score (nSPS) is 18.0. The number of carbonyl (C=O) groups excluding carboxylic acids is 1. The molecule has 1 unspecified atom stereocenters. The van der Waals surface area contributed by atoms with Gasteiger partial charge in [-0.2, -0.15) is 0 Å². The minimum absolute atomic E-state index is 0.111. The lowest BCUT2D eigenvalue weighted by Gasteiger charge is -2.31. The van der Waals surface area contributed by atoms with Crippen molar-refractivity contribution in [2.75, 3.05) is 32.2 Å². The van der Waals surface area contributed by atoms with Gasteiger partial charge in [0.05, 0.1) is 19.1 Å². The lowest BCUT2D eigenvalue weighted by Crippen LogP contribution is -2.49. The minimum atomic E-state index is -3.24. The van der Waals surface area contributed by atoms with Crippen LogP contribution >= 0.6 is 11.8 Å². The van der Waals surface area contributed by atoms with E-state index in [9.17, 15) is 13.2 Å². The predicted molar refractivity (Wildman–Crippen MR) is 105 cm³/mol. The SMILES string of the molecule is COc1ccc(-c2nnc(SCC(=O)NC3CCCN(S(C)(=O)=O)C3)o2)cc1. The molecule has 2 heterocycles. The van der Waals surface area contributed by atoms with Crippen LogP contribution in [0.1, 0.15) is 12.8 Å². The molecule has 0 saturated carbocycles. The molecule has 28 heavy (non-hydrogen) atoms. The fourth-order valence-corrected chi connectivity index (χ4v) is 4.36. The maximum absolute atomic E-state index is 12.2. The first-order valence-corrected chi connectivity index (χ1v) is 11.5. The summed E-state index contributed by atoms with van der Waals surface area (Å²) in [6.07, 6.45) is 2.66. The molecule has 0 bridgehead atoms. The van der Waals surface area contributed by atoms with Gasteiger partial charge in [0.15, 0.2) is 0 Å². The van der Waals surface area contributed by atoms with E-state index >= 15 is 0 Å². The molecule has 2 aromatic rings. The van der Waals surface area contributed by atoms with Crippen molar-refractivity contribution in [2.45, 2.75) is 24.1 Å². The largest absolute Gasteiger partial charge is 0.497 e. The number of ether oxygens (including phenoxy) is 1. The van der Waals surface area contributed by atoms with Crippen molar-refractivity contribution in [3.05, 3.63) is 24.3 Å². The Hall–Kier alpha value is -2.11. The number of methoxy groups -OCH3 is 1. The second-order valence-electron chi connectivity index (χ2n) is 6.42. The molecule has 1 aromatic heterocycles. The highest BCUT2D eigenvalue weighted by Gasteiger charge is 2.26. The van der Waals surface area contributed by atoms with E-state index in [1.807, 2.05) is 12.1 Å². The molecule has 11 heteroatoms. The number of benzene rings is 1.